The SMILES string of the molecule is CN(C(=O)c1csc(-c2cccs2)n1)C1(C(=O)O)CCCCC1. The highest BCUT2D eigenvalue weighted by Gasteiger charge is 2.46. The number of rotatable bonds is 4. The van der Waals surface area contributed by atoms with Crippen molar-refractivity contribution in [1.82, 2.24) is 9.88 Å². The van der Waals surface area contributed by atoms with E-state index in [1.165, 1.54) is 16.2 Å². The zero-order chi connectivity index (χ0) is 16.4. The summed E-state index contributed by atoms with van der Waals surface area (Å²) in [5, 5.41) is 14.2. The number of carboxylic acids is 1. The van der Waals surface area contributed by atoms with Crippen molar-refractivity contribution in [3.05, 3.63) is 28.6 Å². The number of carbonyl (C=O) groups excluding carboxylic acids is 1. The minimum absolute atomic E-state index is 0.312. The fraction of sp³-hybridized carbons (Fsp3) is 0.438. The lowest BCUT2D eigenvalue weighted by Gasteiger charge is -2.40. The van der Waals surface area contributed by atoms with E-state index in [9.17, 15) is 14.7 Å². The molecule has 1 aliphatic carbocycles. The van der Waals surface area contributed by atoms with Crippen LogP contribution in [-0.4, -0.2) is 39.5 Å². The molecular formula is C16H18N2O3S2. The number of hydrogen-bond donors (Lipinski definition) is 1. The van der Waals surface area contributed by atoms with Crippen LogP contribution in [0.5, 0.6) is 0 Å². The number of aromatic nitrogens is 1. The largest absolute Gasteiger partial charge is 0.479 e. The van der Waals surface area contributed by atoms with Gasteiger partial charge in [0.25, 0.3) is 5.91 Å². The van der Waals surface area contributed by atoms with Crippen LogP contribution in [0.15, 0.2) is 22.9 Å². The van der Waals surface area contributed by atoms with Crippen LogP contribution >= 0.6 is 22.7 Å². The van der Waals surface area contributed by atoms with E-state index >= 15 is 0 Å². The molecule has 0 spiro atoms. The Morgan fingerprint density at radius 2 is 2.00 bits per heavy atom. The van der Waals surface area contributed by atoms with Gasteiger partial charge in [-0.3, -0.25) is 4.79 Å². The molecule has 0 atom stereocenters. The third-order valence-electron chi connectivity index (χ3n) is 4.48. The van der Waals surface area contributed by atoms with Crippen LogP contribution in [0.2, 0.25) is 0 Å². The highest BCUT2D eigenvalue weighted by atomic mass is 32.1. The number of thiazole rings is 1. The van der Waals surface area contributed by atoms with Gasteiger partial charge < -0.3 is 10.0 Å². The number of amides is 1. The van der Waals surface area contributed by atoms with Gasteiger partial charge in [-0.15, -0.1) is 22.7 Å². The van der Waals surface area contributed by atoms with Crippen molar-refractivity contribution in [1.29, 1.82) is 0 Å². The Kier molecular flexibility index (Phi) is 4.50. The monoisotopic (exact) mass is 350 g/mol. The lowest BCUT2D eigenvalue weighted by atomic mass is 9.80. The van der Waals surface area contributed by atoms with Crippen LogP contribution in [0, 0.1) is 0 Å². The Hall–Kier alpha value is -1.73. The molecule has 23 heavy (non-hydrogen) atoms. The zero-order valence-electron chi connectivity index (χ0n) is 12.8. The summed E-state index contributed by atoms with van der Waals surface area (Å²) in [5.74, 6) is -1.23. The second-order valence-corrected chi connectivity index (χ2v) is 7.58. The minimum atomic E-state index is -1.10. The van der Waals surface area contributed by atoms with Crippen molar-refractivity contribution in [3.8, 4) is 9.88 Å². The predicted octanol–water partition coefficient (Wildman–Crippen LogP) is 3.73. The van der Waals surface area contributed by atoms with E-state index in [-0.39, 0.29) is 5.91 Å². The van der Waals surface area contributed by atoms with Crippen LogP contribution in [0.4, 0.5) is 0 Å². The lowest BCUT2D eigenvalue weighted by molar-refractivity contribution is -0.151. The van der Waals surface area contributed by atoms with E-state index in [4.69, 9.17) is 0 Å². The molecule has 1 N–H and O–H groups in total. The van der Waals surface area contributed by atoms with E-state index in [1.807, 2.05) is 17.5 Å². The number of thiophene rings is 1. The first kappa shape index (κ1) is 16.1. The van der Waals surface area contributed by atoms with Crippen molar-refractivity contribution in [2.24, 2.45) is 0 Å². The third-order valence-corrected chi connectivity index (χ3v) is 6.36. The molecule has 0 radical (unpaired) electrons. The van der Waals surface area contributed by atoms with Gasteiger partial charge in [-0.25, -0.2) is 9.78 Å². The van der Waals surface area contributed by atoms with Gasteiger partial charge in [-0.1, -0.05) is 25.3 Å². The van der Waals surface area contributed by atoms with Gasteiger partial charge in [-0.05, 0) is 24.3 Å². The molecule has 1 fully saturated rings. The summed E-state index contributed by atoms with van der Waals surface area (Å²) < 4.78 is 0. The Morgan fingerprint density at radius 3 is 2.61 bits per heavy atom. The zero-order valence-corrected chi connectivity index (χ0v) is 14.5. The molecule has 2 heterocycles. The molecule has 7 heteroatoms. The summed E-state index contributed by atoms with van der Waals surface area (Å²) in [6.07, 6.45) is 3.71. The van der Waals surface area contributed by atoms with Gasteiger partial charge in [-0.2, -0.15) is 0 Å². The van der Waals surface area contributed by atoms with Crippen LogP contribution in [0.25, 0.3) is 9.88 Å². The summed E-state index contributed by atoms with van der Waals surface area (Å²) in [6, 6.07) is 3.90. The summed E-state index contributed by atoms with van der Waals surface area (Å²) in [5.41, 5.74) is -0.769. The summed E-state index contributed by atoms with van der Waals surface area (Å²) in [7, 11) is 1.59. The molecule has 122 valence electrons. The smallest absolute Gasteiger partial charge is 0.329 e. The first-order valence-electron chi connectivity index (χ1n) is 7.55. The number of hydrogen-bond acceptors (Lipinski definition) is 5. The van der Waals surface area contributed by atoms with Gasteiger partial charge >= 0.3 is 5.97 Å². The average Bonchev–Trinajstić information content (AvgIpc) is 3.24. The Morgan fingerprint density at radius 1 is 1.26 bits per heavy atom. The van der Waals surface area contributed by atoms with E-state index in [0.717, 1.165) is 29.1 Å². The van der Waals surface area contributed by atoms with Gasteiger partial charge in [0.2, 0.25) is 0 Å². The first-order valence-corrected chi connectivity index (χ1v) is 9.31. The molecule has 0 bridgehead atoms. The lowest BCUT2D eigenvalue weighted by Crippen LogP contribution is -2.56. The van der Waals surface area contributed by atoms with Crippen molar-refractivity contribution < 1.29 is 14.7 Å². The molecule has 0 unspecified atom stereocenters. The van der Waals surface area contributed by atoms with Gasteiger partial charge in [0, 0.05) is 12.4 Å². The van der Waals surface area contributed by atoms with Crippen LogP contribution in [0.1, 0.15) is 42.6 Å². The maximum atomic E-state index is 12.7. The van der Waals surface area contributed by atoms with E-state index in [0.29, 0.717) is 18.5 Å². The van der Waals surface area contributed by atoms with Crippen molar-refractivity contribution in [2.75, 3.05) is 7.05 Å². The molecule has 5 nitrogen and oxygen atoms in total. The Bertz CT molecular complexity index is 703. The number of carbonyl (C=O) groups is 2. The van der Waals surface area contributed by atoms with E-state index in [1.54, 1.807) is 23.8 Å². The summed E-state index contributed by atoms with van der Waals surface area (Å²) in [4.78, 5) is 31.4. The molecule has 0 saturated heterocycles. The predicted molar refractivity (Wildman–Crippen MR) is 91.0 cm³/mol. The maximum Gasteiger partial charge on any atom is 0.329 e. The molecule has 0 aromatic carbocycles. The van der Waals surface area contributed by atoms with Crippen LogP contribution in [-0.2, 0) is 4.79 Å². The Labute approximate surface area is 142 Å². The standard InChI is InChI=1S/C16H18N2O3S2/c1-18(16(15(20)21)7-3-2-4-8-16)14(19)11-10-23-13(17-11)12-6-5-9-22-12/h5-6,9-10H,2-4,7-8H2,1H3,(H,20,21). The van der Waals surface area contributed by atoms with E-state index < -0.39 is 11.5 Å². The summed E-state index contributed by atoms with van der Waals surface area (Å²) in [6.45, 7) is 0. The normalized spacial score (nSPS) is 16.9. The highest BCUT2D eigenvalue weighted by Crippen LogP contribution is 2.35. The maximum absolute atomic E-state index is 12.7. The quantitative estimate of drug-likeness (QED) is 0.912. The number of carboxylic acid groups (broad SMARTS) is 1. The second kappa shape index (κ2) is 6.41. The number of aliphatic carboxylic acids is 1. The molecule has 0 aliphatic heterocycles. The van der Waals surface area contributed by atoms with Crippen LogP contribution in [0.3, 0.4) is 0 Å². The van der Waals surface area contributed by atoms with Crippen LogP contribution < -0.4 is 0 Å². The first-order chi connectivity index (χ1) is 11.0. The third kappa shape index (κ3) is 2.90. The highest BCUT2D eigenvalue weighted by molar-refractivity contribution is 7.20. The number of nitrogens with zero attached hydrogens (tertiary/aromatic N) is 2. The van der Waals surface area contributed by atoms with E-state index in [2.05, 4.69) is 4.98 Å². The van der Waals surface area contributed by atoms with Crippen molar-refractivity contribution >= 4 is 34.6 Å². The van der Waals surface area contributed by atoms with Gasteiger partial charge in [0.05, 0.1) is 4.88 Å². The molecule has 1 amide bonds. The topological polar surface area (TPSA) is 70.5 Å². The minimum Gasteiger partial charge on any atom is -0.479 e. The van der Waals surface area contributed by atoms with Crippen molar-refractivity contribution in [2.45, 2.75) is 37.6 Å². The van der Waals surface area contributed by atoms with Gasteiger partial charge in [0.15, 0.2) is 0 Å². The fourth-order valence-electron chi connectivity index (χ4n) is 3.08. The fourth-order valence-corrected chi connectivity index (χ4v) is 4.69. The molecule has 3 rings (SSSR count). The van der Waals surface area contributed by atoms with Gasteiger partial charge in [0.1, 0.15) is 16.2 Å². The molecular weight excluding hydrogens is 332 g/mol. The number of likely N-dealkylation sites (N-methyl/N-ethyl adjacent to an activating group) is 1. The average molecular weight is 350 g/mol. The van der Waals surface area contributed by atoms with Crippen molar-refractivity contribution in [3.63, 3.8) is 0 Å². The molecule has 2 aromatic rings. The molecule has 1 aliphatic rings. The molecule has 1 saturated carbocycles. The Balaban J connectivity index is 1.85. The molecule has 2 aromatic heterocycles. The summed E-state index contributed by atoms with van der Waals surface area (Å²) >= 11 is 2.98. The second-order valence-electron chi connectivity index (χ2n) is 5.78.